The number of hydrogen-bond donors (Lipinski definition) is 0. The molecule has 1 aliphatic rings. The van der Waals surface area contributed by atoms with Crippen LogP contribution in [0, 0.1) is 0 Å². The molecule has 2 aromatic carbocycles. The lowest BCUT2D eigenvalue weighted by Crippen LogP contribution is -2.30. The van der Waals surface area contributed by atoms with Crippen molar-refractivity contribution in [3.63, 3.8) is 0 Å². The Hall–Kier alpha value is -3.29. The van der Waals surface area contributed by atoms with Crippen molar-refractivity contribution >= 4 is 22.9 Å². The highest BCUT2D eigenvalue weighted by atomic mass is 19.3. The Balaban J connectivity index is 1.77. The summed E-state index contributed by atoms with van der Waals surface area (Å²) in [5.74, 6) is 0.330. The van der Waals surface area contributed by atoms with E-state index in [0.717, 1.165) is 16.9 Å². The van der Waals surface area contributed by atoms with Crippen molar-refractivity contribution in [1.82, 2.24) is 9.55 Å². The highest BCUT2D eigenvalue weighted by Gasteiger charge is 2.26. The molecule has 144 valence electrons. The first kappa shape index (κ1) is 18.1. The number of halogens is 3. The maximum atomic E-state index is 14.0. The van der Waals surface area contributed by atoms with Crippen LogP contribution in [0.2, 0.25) is 0 Å². The molecule has 0 amide bonds. The third-order valence-electron chi connectivity index (χ3n) is 4.42. The maximum absolute atomic E-state index is 14.0. The number of allylic oxidation sites excluding steroid dienone is 1. The first-order valence-corrected chi connectivity index (χ1v) is 8.76. The lowest BCUT2D eigenvalue weighted by molar-refractivity contribution is -0.0498. The molecule has 0 bridgehead atoms. The minimum Gasteiger partial charge on any atom is -0.435 e. The Morgan fingerprint density at radius 3 is 2.57 bits per heavy atom. The number of para-hydroxylation sites is 2. The van der Waals surface area contributed by atoms with E-state index < -0.39 is 18.7 Å². The summed E-state index contributed by atoms with van der Waals surface area (Å²) >= 11 is 0. The van der Waals surface area contributed by atoms with Gasteiger partial charge in [-0.1, -0.05) is 19.1 Å². The largest absolute Gasteiger partial charge is 0.435 e. The van der Waals surface area contributed by atoms with E-state index >= 15 is 0 Å². The maximum Gasteiger partial charge on any atom is 0.387 e. The molecule has 3 aromatic rings. The van der Waals surface area contributed by atoms with E-state index in [9.17, 15) is 13.2 Å². The van der Waals surface area contributed by atoms with Gasteiger partial charge in [0.25, 0.3) is 0 Å². The zero-order valence-electron chi connectivity index (χ0n) is 15.0. The number of imidazole rings is 1. The number of benzene rings is 2. The predicted molar refractivity (Wildman–Crippen MR) is 101 cm³/mol. The molecule has 4 rings (SSSR count). The SMILES string of the molecule is CCc1nc2ccccc2n1C1N=CC(F)=CN1c1ccc(OC(F)F)cc1. The lowest BCUT2D eigenvalue weighted by Gasteiger charge is -2.32. The summed E-state index contributed by atoms with van der Waals surface area (Å²) in [6.07, 6.45) is 2.57. The number of aliphatic imine (C=N–C) groups is 1. The van der Waals surface area contributed by atoms with Crippen LogP contribution in [-0.2, 0) is 6.42 Å². The number of nitrogens with zero attached hydrogens (tertiary/aromatic N) is 4. The Bertz CT molecular complexity index is 1040. The van der Waals surface area contributed by atoms with Crippen LogP contribution in [0.1, 0.15) is 19.0 Å². The van der Waals surface area contributed by atoms with E-state index in [-0.39, 0.29) is 5.75 Å². The average molecular weight is 386 g/mol. The van der Waals surface area contributed by atoms with Gasteiger partial charge in [-0.2, -0.15) is 8.78 Å². The van der Waals surface area contributed by atoms with Gasteiger partial charge in [0.15, 0.2) is 5.83 Å². The number of aryl methyl sites for hydroxylation is 1. The van der Waals surface area contributed by atoms with Crippen LogP contribution >= 0.6 is 0 Å². The summed E-state index contributed by atoms with van der Waals surface area (Å²) in [5, 5.41) is 0. The molecule has 1 aromatic heterocycles. The smallest absolute Gasteiger partial charge is 0.387 e. The molecule has 2 heterocycles. The fraction of sp³-hybridized carbons (Fsp3) is 0.200. The topological polar surface area (TPSA) is 42.7 Å². The molecule has 1 atom stereocenters. The van der Waals surface area contributed by atoms with Gasteiger partial charge in [0.05, 0.1) is 17.2 Å². The second-order valence-corrected chi connectivity index (χ2v) is 6.16. The van der Waals surface area contributed by atoms with Crippen LogP contribution in [0.15, 0.2) is 65.6 Å². The number of hydrogen-bond acceptors (Lipinski definition) is 4. The Kier molecular flexibility index (Phi) is 4.77. The van der Waals surface area contributed by atoms with Gasteiger partial charge < -0.3 is 9.64 Å². The molecule has 0 fully saturated rings. The van der Waals surface area contributed by atoms with Crippen molar-refractivity contribution in [1.29, 1.82) is 0 Å². The normalized spacial score (nSPS) is 16.7. The molecule has 0 N–H and O–H groups in total. The van der Waals surface area contributed by atoms with Crippen molar-refractivity contribution in [2.75, 3.05) is 4.90 Å². The summed E-state index contributed by atoms with van der Waals surface area (Å²) < 4.78 is 45.1. The van der Waals surface area contributed by atoms with Crippen molar-refractivity contribution < 1.29 is 17.9 Å². The van der Waals surface area contributed by atoms with Crippen LogP contribution in [0.4, 0.5) is 18.9 Å². The minimum absolute atomic E-state index is 0.0302. The van der Waals surface area contributed by atoms with Gasteiger partial charge in [-0.25, -0.2) is 14.4 Å². The van der Waals surface area contributed by atoms with Gasteiger partial charge in [0, 0.05) is 18.3 Å². The first-order valence-electron chi connectivity index (χ1n) is 8.76. The molecule has 0 saturated carbocycles. The first-order chi connectivity index (χ1) is 13.6. The number of ether oxygens (including phenoxy) is 1. The van der Waals surface area contributed by atoms with Crippen LogP contribution in [0.5, 0.6) is 5.75 Å². The number of fused-ring (bicyclic) bond motifs is 1. The molecule has 0 spiro atoms. The Morgan fingerprint density at radius 2 is 1.86 bits per heavy atom. The van der Waals surface area contributed by atoms with Crippen LogP contribution in [0.25, 0.3) is 11.0 Å². The van der Waals surface area contributed by atoms with Crippen molar-refractivity contribution in [3.05, 3.63) is 66.4 Å². The Labute approximate surface area is 159 Å². The third-order valence-corrected chi connectivity index (χ3v) is 4.42. The lowest BCUT2D eigenvalue weighted by atomic mass is 10.2. The molecule has 1 aliphatic heterocycles. The van der Waals surface area contributed by atoms with Crippen LogP contribution in [0.3, 0.4) is 0 Å². The molecule has 0 radical (unpaired) electrons. The molecule has 0 saturated heterocycles. The predicted octanol–water partition coefficient (Wildman–Crippen LogP) is 5.06. The van der Waals surface area contributed by atoms with E-state index in [4.69, 9.17) is 0 Å². The van der Waals surface area contributed by atoms with Gasteiger partial charge >= 0.3 is 6.61 Å². The second-order valence-electron chi connectivity index (χ2n) is 6.16. The zero-order valence-corrected chi connectivity index (χ0v) is 15.0. The summed E-state index contributed by atoms with van der Waals surface area (Å²) in [6, 6.07) is 13.6. The summed E-state index contributed by atoms with van der Waals surface area (Å²) in [4.78, 5) is 10.6. The number of rotatable bonds is 5. The Morgan fingerprint density at radius 1 is 1.11 bits per heavy atom. The monoisotopic (exact) mass is 386 g/mol. The summed E-state index contributed by atoms with van der Waals surface area (Å²) in [5.41, 5.74) is 2.28. The van der Waals surface area contributed by atoms with E-state index in [2.05, 4.69) is 14.7 Å². The minimum atomic E-state index is -2.90. The zero-order chi connectivity index (χ0) is 19.7. The highest BCUT2D eigenvalue weighted by Crippen LogP contribution is 2.33. The standard InChI is InChI=1S/C20H17F3N4O/c1-2-18-25-16-5-3-4-6-17(16)27(18)20-24-11-13(21)12-26(20)14-7-9-15(10-8-14)28-19(22)23/h3-12,19-20H,2H2,1H3. The quantitative estimate of drug-likeness (QED) is 0.616. The fourth-order valence-corrected chi connectivity index (χ4v) is 3.24. The van der Waals surface area contributed by atoms with E-state index in [0.29, 0.717) is 12.1 Å². The number of anilines is 1. The van der Waals surface area contributed by atoms with Gasteiger partial charge in [0.2, 0.25) is 6.29 Å². The molecular weight excluding hydrogens is 369 g/mol. The van der Waals surface area contributed by atoms with E-state index in [1.54, 1.807) is 17.0 Å². The van der Waals surface area contributed by atoms with Gasteiger partial charge in [-0.3, -0.25) is 4.57 Å². The van der Waals surface area contributed by atoms with Gasteiger partial charge in [-0.15, -0.1) is 0 Å². The third kappa shape index (κ3) is 3.33. The van der Waals surface area contributed by atoms with Crippen molar-refractivity contribution in [2.45, 2.75) is 26.2 Å². The number of alkyl halides is 2. The van der Waals surface area contributed by atoms with Crippen molar-refractivity contribution in [3.8, 4) is 5.75 Å². The van der Waals surface area contributed by atoms with E-state index in [1.165, 1.54) is 24.5 Å². The molecular formula is C20H17F3N4O. The van der Waals surface area contributed by atoms with Crippen molar-refractivity contribution in [2.24, 2.45) is 4.99 Å². The molecule has 28 heavy (non-hydrogen) atoms. The fourth-order valence-electron chi connectivity index (χ4n) is 3.24. The van der Waals surface area contributed by atoms with Crippen LogP contribution in [-0.4, -0.2) is 22.4 Å². The summed E-state index contributed by atoms with van der Waals surface area (Å²) in [6.45, 7) is -0.915. The molecule has 1 unspecified atom stereocenters. The summed E-state index contributed by atoms with van der Waals surface area (Å²) in [7, 11) is 0. The average Bonchev–Trinajstić information content (AvgIpc) is 3.07. The van der Waals surface area contributed by atoms with E-state index in [1.807, 2.05) is 35.8 Å². The number of aromatic nitrogens is 2. The molecule has 5 nitrogen and oxygen atoms in total. The highest BCUT2D eigenvalue weighted by molar-refractivity contribution is 5.80. The van der Waals surface area contributed by atoms with Crippen LogP contribution < -0.4 is 9.64 Å². The molecule has 8 heteroatoms. The second kappa shape index (κ2) is 7.38. The molecule has 0 aliphatic carbocycles. The van der Waals surface area contributed by atoms with Gasteiger partial charge in [0.1, 0.15) is 11.6 Å². The van der Waals surface area contributed by atoms with Gasteiger partial charge in [-0.05, 0) is 36.4 Å².